The van der Waals surface area contributed by atoms with Gasteiger partial charge in [-0.15, -0.1) is 24.0 Å². The van der Waals surface area contributed by atoms with Crippen LogP contribution in [0.2, 0.25) is 0 Å². The highest BCUT2D eigenvalue weighted by molar-refractivity contribution is 14.0. The first-order valence-electron chi connectivity index (χ1n) is 8.02. The lowest BCUT2D eigenvalue weighted by Gasteiger charge is -2.15. The molecule has 9 heteroatoms. The summed E-state index contributed by atoms with van der Waals surface area (Å²) in [6.45, 7) is -0.0609. The molecular formula is C17H26F2IN3O3. The van der Waals surface area contributed by atoms with Gasteiger partial charge in [-0.25, -0.2) is 0 Å². The van der Waals surface area contributed by atoms with Gasteiger partial charge in [-0.05, 0) is 25.8 Å². The Morgan fingerprint density at radius 3 is 2.62 bits per heavy atom. The van der Waals surface area contributed by atoms with Crippen LogP contribution in [0.25, 0.3) is 0 Å². The van der Waals surface area contributed by atoms with Crippen LogP contribution in [0.15, 0.2) is 23.2 Å². The van der Waals surface area contributed by atoms with Gasteiger partial charge in [0.15, 0.2) is 5.96 Å². The van der Waals surface area contributed by atoms with Crippen LogP contribution in [0.3, 0.4) is 0 Å². The first-order valence-corrected chi connectivity index (χ1v) is 8.02. The van der Waals surface area contributed by atoms with Gasteiger partial charge in [0.1, 0.15) is 5.75 Å². The summed E-state index contributed by atoms with van der Waals surface area (Å²) in [5.41, 5.74) is 1.57. The highest BCUT2D eigenvalue weighted by Gasteiger charge is 2.10. The first-order chi connectivity index (χ1) is 12.0. The predicted molar refractivity (Wildman–Crippen MR) is 107 cm³/mol. The third kappa shape index (κ3) is 9.73. The molecule has 0 aliphatic carbocycles. The van der Waals surface area contributed by atoms with E-state index in [2.05, 4.69) is 25.1 Å². The van der Waals surface area contributed by atoms with Gasteiger partial charge in [0.25, 0.3) is 0 Å². The van der Waals surface area contributed by atoms with Gasteiger partial charge in [-0.1, -0.05) is 17.7 Å². The second-order valence-corrected chi connectivity index (χ2v) is 5.38. The van der Waals surface area contributed by atoms with E-state index < -0.39 is 6.61 Å². The topological polar surface area (TPSA) is 72.0 Å². The summed E-state index contributed by atoms with van der Waals surface area (Å²) in [5.74, 6) is 0.456. The highest BCUT2D eigenvalue weighted by Crippen LogP contribution is 2.21. The molecule has 1 aromatic rings. The minimum absolute atomic E-state index is 0. The monoisotopic (exact) mass is 485 g/mol. The quantitative estimate of drug-likeness (QED) is 0.185. The molecule has 26 heavy (non-hydrogen) atoms. The second-order valence-electron chi connectivity index (χ2n) is 5.38. The summed E-state index contributed by atoms with van der Waals surface area (Å²) < 4.78 is 34.1. The molecule has 0 unspecified atom stereocenters. The number of benzene rings is 1. The lowest BCUT2D eigenvalue weighted by molar-refractivity contribution is -0.140. The Hall–Kier alpha value is -1.65. The number of carbonyl (C=O) groups excluding carboxylic acids is 1. The molecule has 0 saturated heterocycles. The SMILES string of the molecule is CN=C(NCCCCC(=O)OC)NCc1cc(C)ccc1OC(F)F.I. The molecule has 148 valence electrons. The van der Waals surface area contributed by atoms with Gasteiger partial charge in [-0.3, -0.25) is 9.79 Å². The molecule has 0 radical (unpaired) electrons. The van der Waals surface area contributed by atoms with Crippen LogP contribution >= 0.6 is 24.0 Å². The number of hydrogen-bond donors (Lipinski definition) is 2. The highest BCUT2D eigenvalue weighted by atomic mass is 127. The van der Waals surface area contributed by atoms with E-state index in [1.807, 2.05) is 6.92 Å². The van der Waals surface area contributed by atoms with Crippen molar-refractivity contribution in [2.75, 3.05) is 20.7 Å². The van der Waals surface area contributed by atoms with Gasteiger partial charge in [0, 0.05) is 32.1 Å². The molecule has 0 fully saturated rings. The Morgan fingerprint density at radius 1 is 1.27 bits per heavy atom. The van der Waals surface area contributed by atoms with Crippen LogP contribution in [0, 0.1) is 6.92 Å². The normalized spacial score (nSPS) is 10.9. The fourth-order valence-electron chi connectivity index (χ4n) is 2.16. The molecule has 0 spiro atoms. The van der Waals surface area contributed by atoms with E-state index in [1.165, 1.54) is 13.2 Å². The van der Waals surface area contributed by atoms with E-state index in [0.29, 0.717) is 37.5 Å². The number of methoxy groups -OCH3 is 1. The number of carbonyl (C=O) groups is 1. The van der Waals surface area contributed by atoms with E-state index in [0.717, 1.165) is 12.0 Å². The maximum absolute atomic E-state index is 12.5. The van der Waals surface area contributed by atoms with E-state index >= 15 is 0 Å². The minimum atomic E-state index is -2.87. The van der Waals surface area contributed by atoms with Gasteiger partial charge in [0.05, 0.1) is 7.11 Å². The number of rotatable bonds is 9. The van der Waals surface area contributed by atoms with Gasteiger partial charge < -0.3 is 20.1 Å². The Labute approximate surface area is 169 Å². The summed E-state index contributed by atoms with van der Waals surface area (Å²) >= 11 is 0. The van der Waals surface area contributed by atoms with Crippen molar-refractivity contribution in [2.45, 2.75) is 39.3 Å². The van der Waals surface area contributed by atoms with Crippen molar-refractivity contribution in [3.8, 4) is 5.75 Å². The Balaban J connectivity index is 0.00000625. The molecule has 0 aliphatic heterocycles. The number of ether oxygens (including phenoxy) is 2. The van der Waals surface area contributed by atoms with Crippen molar-refractivity contribution in [3.63, 3.8) is 0 Å². The molecule has 1 aromatic carbocycles. The largest absolute Gasteiger partial charge is 0.469 e. The summed E-state index contributed by atoms with van der Waals surface area (Å²) in [7, 11) is 2.99. The molecule has 1 rings (SSSR count). The molecule has 6 nitrogen and oxygen atoms in total. The lowest BCUT2D eigenvalue weighted by atomic mass is 10.1. The minimum Gasteiger partial charge on any atom is -0.469 e. The molecule has 0 heterocycles. The Morgan fingerprint density at radius 2 is 2.00 bits per heavy atom. The zero-order valence-electron chi connectivity index (χ0n) is 15.2. The van der Waals surface area contributed by atoms with Crippen molar-refractivity contribution < 1.29 is 23.0 Å². The molecule has 0 bridgehead atoms. The molecule has 0 aliphatic rings. The zero-order chi connectivity index (χ0) is 18.7. The maximum atomic E-state index is 12.5. The summed E-state index contributed by atoms with van der Waals surface area (Å²) in [6.07, 6.45) is 1.86. The molecule has 0 saturated carbocycles. The fourth-order valence-corrected chi connectivity index (χ4v) is 2.16. The van der Waals surface area contributed by atoms with E-state index in [-0.39, 0.29) is 35.7 Å². The number of aliphatic imine (C=N–C) groups is 1. The van der Waals surface area contributed by atoms with E-state index in [1.54, 1.807) is 19.2 Å². The number of guanidine groups is 1. The van der Waals surface area contributed by atoms with Crippen LogP contribution < -0.4 is 15.4 Å². The first kappa shape index (κ1) is 24.4. The third-order valence-corrected chi connectivity index (χ3v) is 3.43. The second kappa shape index (κ2) is 13.5. The van der Waals surface area contributed by atoms with E-state index in [9.17, 15) is 13.6 Å². The number of aryl methyl sites for hydroxylation is 1. The molecule has 2 N–H and O–H groups in total. The van der Waals surface area contributed by atoms with Gasteiger partial charge in [0.2, 0.25) is 0 Å². The number of nitrogens with one attached hydrogen (secondary N) is 2. The van der Waals surface area contributed by atoms with Crippen molar-refractivity contribution in [3.05, 3.63) is 29.3 Å². The van der Waals surface area contributed by atoms with Gasteiger partial charge >= 0.3 is 12.6 Å². The third-order valence-electron chi connectivity index (χ3n) is 3.43. The number of hydrogen-bond acceptors (Lipinski definition) is 4. The summed E-state index contributed by atoms with van der Waals surface area (Å²) in [6, 6.07) is 5.03. The molecule has 0 atom stereocenters. The molecule has 0 aromatic heterocycles. The van der Waals surface area contributed by atoms with Crippen LogP contribution in [0.4, 0.5) is 8.78 Å². The predicted octanol–water partition coefficient (Wildman–Crippen LogP) is 3.22. The fraction of sp³-hybridized carbons (Fsp3) is 0.529. The van der Waals surface area contributed by atoms with Crippen molar-refractivity contribution in [2.24, 2.45) is 4.99 Å². The van der Waals surface area contributed by atoms with Crippen molar-refractivity contribution >= 4 is 35.9 Å². The average molecular weight is 485 g/mol. The number of nitrogens with zero attached hydrogens (tertiary/aromatic N) is 1. The average Bonchev–Trinajstić information content (AvgIpc) is 2.58. The summed E-state index contributed by atoms with van der Waals surface area (Å²) in [4.78, 5) is 15.1. The van der Waals surface area contributed by atoms with Crippen molar-refractivity contribution in [1.82, 2.24) is 10.6 Å². The van der Waals surface area contributed by atoms with Crippen LogP contribution in [-0.4, -0.2) is 39.2 Å². The van der Waals surface area contributed by atoms with Crippen LogP contribution in [0.5, 0.6) is 5.75 Å². The number of alkyl halides is 2. The smallest absolute Gasteiger partial charge is 0.387 e. The zero-order valence-corrected chi connectivity index (χ0v) is 17.5. The molecular weight excluding hydrogens is 459 g/mol. The molecule has 0 amide bonds. The van der Waals surface area contributed by atoms with Crippen molar-refractivity contribution in [1.29, 1.82) is 0 Å². The lowest BCUT2D eigenvalue weighted by Crippen LogP contribution is -2.37. The number of halogens is 3. The Bertz CT molecular complexity index is 586. The van der Waals surface area contributed by atoms with E-state index in [4.69, 9.17) is 0 Å². The summed E-state index contributed by atoms with van der Waals surface area (Å²) in [5, 5.41) is 6.16. The van der Waals surface area contributed by atoms with Crippen LogP contribution in [-0.2, 0) is 16.1 Å². The number of unbranched alkanes of at least 4 members (excludes halogenated alkanes) is 1. The standard InChI is InChI=1S/C17H25F2N3O3.HI/c1-12-7-8-14(25-16(18)19)13(10-12)11-22-17(20-2)21-9-5-4-6-15(23)24-3;/h7-8,10,16H,4-6,9,11H2,1-3H3,(H2,20,21,22);1H. The Kier molecular flexibility index (Phi) is 12.7. The maximum Gasteiger partial charge on any atom is 0.387 e. The number of esters is 1. The van der Waals surface area contributed by atoms with Gasteiger partial charge in [-0.2, -0.15) is 8.78 Å². The van der Waals surface area contributed by atoms with Crippen LogP contribution in [0.1, 0.15) is 30.4 Å².